The normalized spacial score (nSPS) is 16.2. The van der Waals surface area contributed by atoms with Gasteiger partial charge in [0, 0.05) is 44.7 Å². The monoisotopic (exact) mass is 605 g/mol. The van der Waals surface area contributed by atoms with Crippen LogP contribution < -0.4 is 4.90 Å². The van der Waals surface area contributed by atoms with E-state index < -0.39 is 0 Å². The third-order valence-electron chi connectivity index (χ3n) is 10.2. The van der Waals surface area contributed by atoms with Gasteiger partial charge in [0.2, 0.25) is 0 Å². The summed E-state index contributed by atoms with van der Waals surface area (Å²) in [7, 11) is 0. The number of anilines is 2. The lowest BCUT2D eigenvalue weighted by molar-refractivity contribution is 0.660. The van der Waals surface area contributed by atoms with Crippen LogP contribution in [0.4, 0.5) is 11.4 Å². The second-order valence-electron chi connectivity index (χ2n) is 13.3. The largest absolute Gasteiger partial charge is 0.455 e. The fourth-order valence-corrected chi connectivity index (χ4v) is 7.78. The van der Waals surface area contributed by atoms with Crippen LogP contribution in [0.5, 0.6) is 0 Å². The molecular formula is C45H35NO. The molecule has 7 aromatic rings. The van der Waals surface area contributed by atoms with Gasteiger partial charge in [0.1, 0.15) is 11.2 Å². The smallest absolute Gasteiger partial charge is 0.143 e. The maximum atomic E-state index is 6.39. The highest BCUT2D eigenvalue weighted by Crippen LogP contribution is 2.50. The molecule has 0 fully saturated rings. The lowest BCUT2D eigenvalue weighted by Crippen LogP contribution is -2.18. The van der Waals surface area contributed by atoms with Gasteiger partial charge in [-0.2, -0.15) is 0 Å². The van der Waals surface area contributed by atoms with Crippen LogP contribution in [-0.4, -0.2) is 0 Å². The Morgan fingerprint density at radius 3 is 2.15 bits per heavy atom. The Morgan fingerprint density at radius 1 is 0.617 bits per heavy atom. The molecule has 47 heavy (non-hydrogen) atoms. The molecule has 2 heteroatoms. The summed E-state index contributed by atoms with van der Waals surface area (Å²) in [4.78, 5) is 2.41. The van der Waals surface area contributed by atoms with Gasteiger partial charge >= 0.3 is 0 Å². The van der Waals surface area contributed by atoms with Gasteiger partial charge in [-0.15, -0.1) is 0 Å². The molecule has 1 atom stereocenters. The maximum Gasteiger partial charge on any atom is 0.143 e. The zero-order valence-corrected chi connectivity index (χ0v) is 26.7. The standard InChI is InChI=1S/C45H35NO/c1-45(2)41-17-8-6-13-37(41)40-29-35(27-28-42(40)45)46(33-23-19-31(20-24-33)30-11-4-3-5-12-30)34-25-21-32(22-26-34)36-15-10-16-39-38-14-7-9-18-43(38)47-44(36)39/h3-19,21-29,31H,20H2,1-2H3. The van der Waals surface area contributed by atoms with Gasteiger partial charge in [-0.25, -0.2) is 0 Å². The minimum Gasteiger partial charge on any atom is -0.455 e. The SMILES string of the molecule is CC1(C)c2ccccc2-c2cc(N(C3=CCC(c4ccccc4)C=C3)c3ccc(-c4cccc5c4oc4ccccc45)cc3)ccc21. The zero-order chi connectivity index (χ0) is 31.5. The quantitative estimate of drug-likeness (QED) is 0.194. The van der Waals surface area contributed by atoms with Gasteiger partial charge in [0.15, 0.2) is 0 Å². The fraction of sp³-hybridized carbons (Fsp3) is 0.111. The van der Waals surface area contributed by atoms with Crippen molar-refractivity contribution in [2.45, 2.75) is 31.6 Å². The first-order valence-electron chi connectivity index (χ1n) is 16.5. The second-order valence-corrected chi connectivity index (χ2v) is 13.3. The third-order valence-corrected chi connectivity index (χ3v) is 10.2. The predicted molar refractivity (Wildman–Crippen MR) is 196 cm³/mol. The molecule has 0 spiro atoms. The van der Waals surface area contributed by atoms with E-state index in [1.807, 2.05) is 12.1 Å². The van der Waals surface area contributed by atoms with E-state index >= 15 is 0 Å². The van der Waals surface area contributed by atoms with Crippen LogP contribution >= 0.6 is 0 Å². The Kier molecular flexibility index (Phi) is 6.33. The molecule has 0 N–H and O–H groups in total. The van der Waals surface area contributed by atoms with Crippen LogP contribution in [-0.2, 0) is 5.41 Å². The fourth-order valence-electron chi connectivity index (χ4n) is 7.78. The molecule has 0 aliphatic heterocycles. The molecule has 1 unspecified atom stereocenters. The van der Waals surface area contributed by atoms with E-state index in [2.05, 4.69) is 164 Å². The molecule has 6 aromatic carbocycles. The predicted octanol–water partition coefficient (Wildman–Crippen LogP) is 12.3. The molecule has 9 rings (SSSR count). The van der Waals surface area contributed by atoms with E-state index in [9.17, 15) is 0 Å². The highest BCUT2D eigenvalue weighted by molar-refractivity contribution is 6.09. The zero-order valence-electron chi connectivity index (χ0n) is 26.7. The number of rotatable bonds is 5. The van der Waals surface area contributed by atoms with E-state index in [1.165, 1.54) is 33.5 Å². The third kappa shape index (κ3) is 4.47. The molecule has 0 saturated carbocycles. The summed E-state index contributed by atoms with van der Waals surface area (Å²) < 4.78 is 6.39. The first-order chi connectivity index (χ1) is 23.1. The minimum atomic E-state index is -0.0263. The lowest BCUT2D eigenvalue weighted by atomic mass is 9.82. The molecule has 0 saturated heterocycles. The van der Waals surface area contributed by atoms with Gasteiger partial charge in [-0.05, 0) is 76.2 Å². The van der Waals surface area contributed by atoms with Gasteiger partial charge in [-0.3, -0.25) is 0 Å². The second kappa shape index (κ2) is 10.7. The molecule has 0 amide bonds. The van der Waals surface area contributed by atoms with Gasteiger partial charge in [0.25, 0.3) is 0 Å². The summed E-state index contributed by atoms with van der Waals surface area (Å²) in [5.74, 6) is 0.376. The maximum absolute atomic E-state index is 6.39. The Bertz CT molecular complexity index is 2350. The molecule has 2 aliphatic carbocycles. The summed E-state index contributed by atoms with van der Waals surface area (Å²) in [6, 6.07) is 50.4. The van der Waals surface area contributed by atoms with Crippen molar-refractivity contribution in [1.29, 1.82) is 0 Å². The molecule has 0 radical (unpaired) electrons. The van der Waals surface area contributed by atoms with Crippen molar-refractivity contribution in [2.24, 2.45) is 0 Å². The average Bonchev–Trinajstić information content (AvgIpc) is 3.62. The van der Waals surface area contributed by atoms with Crippen LogP contribution in [0.25, 0.3) is 44.2 Å². The summed E-state index contributed by atoms with van der Waals surface area (Å²) in [6.45, 7) is 4.68. The molecular weight excluding hydrogens is 571 g/mol. The molecule has 1 heterocycles. The molecule has 2 nitrogen and oxygen atoms in total. The number of fused-ring (bicyclic) bond motifs is 6. The number of benzene rings is 6. The Morgan fingerprint density at radius 2 is 1.32 bits per heavy atom. The van der Waals surface area contributed by atoms with E-state index in [0.29, 0.717) is 5.92 Å². The van der Waals surface area contributed by atoms with Crippen LogP contribution in [0.2, 0.25) is 0 Å². The Balaban J connectivity index is 1.14. The highest BCUT2D eigenvalue weighted by Gasteiger charge is 2.35. The first kappa shape index (κ1) is 27.7. The van der Waals surface area contributed by atoms with Crippen LogP contribution in [0.3, 0.4) is 0 Å². The minimum absolute atomic E-state index is 0.0263. The highest BCUT2D eigenvalue weighted by atomic mass is 16.3. The Hall–Kier alpha value is -5.60. The van der Waals surface area contributed by atoms with Crippen molar-refractivity contribution >= 4 is 33.3 Å². The molecule has 2 aliphatic rings. The summed E-state index contributed by atoms with van der Waals surface area (Å²) in [5, 5.41) is 2.30. The number of furan rings is 1. The molecule has 0 bridgehead atoms. The van der Waals surface area contributed by atoms with Gasteiger partial charge in [0.05, 0.1) is 0 Å². The summed E-state index contributed by atoms with van der Waals surface area (Å²) in [6.07, 6.45) is 8.01. The van der Waals surface area contributed by atoms with Crippen LogP contribution in [0.1, 0.15) is 42.9 Å². The summed E-state index contributed by atoms with van der Waals surface area (Å²) in [5.41, 5.74) is 14.3. The number of para-hydroxylation sites is 2. The van der Waals surface area contributed by atoms with Crippen molar-refractivity contribution in [2.75, 3.05) is 4.90 Å². The van der Waals surface area contributed by atoms with Crippen LogP contribution in [0, 0.1) is 0 Å². The van der Waals surface area contributed by atoms with Crippen molar-refractivity contribution in [3.63, 3.8) is 0 Å². The van der Waals surface area contributed by atoms with Crippen molar-refractivity contribution in [3.8, 4) is 22.3 Å². The topological polar surface area (TPSA) is 16.4 Å². The Labute approximate surface area is 275 Å². The first-order valence-corrected chi connectivity index (χ1v) is 16.5. The van der Waals surface area contributed by atoms with E-state index in [0.717, 1.165) is 50.9 Å². The number of allylic oxidation sites excluding steroid dienone is 3. The van der Waals surface area contributed by atoms with E-state index in [-0.39, 0.29) is 5.41 Å². The van der Waals surface area contributed by atoms with E-state index in [1.54, 1.807) is 0 Å². The van der Waals surface area contributed by atoms with Gasteiger partial charge in [-0.1, -0.05) is 135 Å². The van der Waals surface area contributed by atoms with E-state index in [4.69, 9.17) is 4.42 Å². The van der Waals surface area contributed by atoms with Crippen molar-refractivity contribution in [3.05, 3.63) is 180 Å². The number of hydrogen-bond acceptors (Lipinski definition) is 2. The van der Waals surface area contributed by atoms with Gasteiger partial charge < -0.3 is 9.32 Å². The van der Waals surface area contributed by atoms with Crippen molar-refractivity contribution < 1.29 is 4.42 Å². The summed E-state index contributed by atoms with van der Waals surface area (Å²) >= 11 is 0. The number of nitrogens with zero attached hydrogens (tertiary/aromatic N) is 1. The lowest BCUT2D eigenvalue weighted by Gasteiger charge is -2.30. The average molecular weight is 606 g/mol. The van der Waals surface area contributed by atoms with Crippen LogP contribution in [0.15, 0.2) is 168 Å². The molecule has 1 aromatic heterocycles. The number of hydrogen-bond donors (Lipinski definition) is 0. The van der Waals surface area contributed by atoms with Crippen molar-refractivity contribution in [1.82, 2.24) is 0 Å². The molecule has 226 valence electrons.